The van der Waals surface area contributed by atoms with Crippen molar-refractivity contribution < 1.29 is 9.53 Å². The van der Waals surface area contributed by atoms with Crippen LogP contribution in [-0.2, 0) is 6.42 Å². The number of benzene rings is 4. The average Bonchev–Trinajstić information content (AvgIpc) is 2.98. The van der Waals surface area contributed by atoms with E-state index in [4.69, 9.17) is 16.3 Å². The SMILES string of the molecule is COc1ccc(Cl)cc1SNC1CC(C)(C)Cc2ccc(C(=O)N(CCNc3ccccc3)c3ccccc3)cc21. The Kier molecular flexibility index (Phi) is 9.23. The van der Waals surface area contributed by atoms with Crippen LogP contribution >= 0.6 is 23.5 Å². The lowest BCUT2D eigenvalue weighted by Gasteiger charge is -2.37. The van der Waals surface area contributed by atoms with Gasteiger partial charge in [-0.15, -0.1) is 0 Å². The maximum Gasteiger partial charge on any atom is 0.258 e. The van der Waals surface area contributed by atoms with Gasteiger partial charge in [0, 0.05) is 41.1 Å². The van der Waals surface area contributed by atoms with Crippen molar-refractivity contribution in [3.8, 4) is 5.75 Å². The molecule has 0 saturated carbocycles. The normalized spacial score (nSPS) is 15.6. The van der Waals surface area contributed by atoms with Crippen molar-refractivity contribution in [1.29, 1.82) is 0 Å². The third-order valence-corrected chi connectivity index (χ3v) is 8.56. The first-order valence-corrected chi connectivity index (χ1v) is 15.1. The van der Waals surface area contributed by atoms with E-state index < -0.39 is 0 Å². The zero-order valence-corrected chi connectivity index (χ0v) is 25.3. The van der Waals surface area contributed by atoms with Gasteiger partial charge < -0.3 is 15.0 Å². The predicted molar refractivity (Wildman–Crippen MR) is 171 cm³/mol. The summed E-state index contributed by atoms with van der Waals surface area (Å²) in [6.45, 7) is 5.76. The Balaban J connectivity index is 1.40. The number of nitrogens with one attached hydrogen (secondary N) is 2. The largest absolute Gasteiger partial charge is 0.496 e. The van der Waals surface area contributed by atoms with Gasteiger partial charge in [0.15, 0.2) is 0 Å². The number of para-hydroxylation sites is 2. The third-order valence-electron chi connectivity index (χ3n) is 7.38. The van der Waals surface area contributed by atoms with Crippen molar-refractivity contribution in [2.24, 2.45) is 5.41 Å². The number of hydrogen-bond acceptors (Lipinski definition) is 5. The summed E-state index contributed by atoms with van der Waals surface area (Å²) < 4.78 is 9.23. The second-order valence-corrected chi connectivity index (χ2v) is 12.4. The van der Waals surface area contributed by atoms with Crippen LogP contribution in [0.4, 0.5) is 11.4 Å². The maximum absolute atomic E-state index is 14.0. The summed E-state index contributed by atoms with van der Waals surface area (Å²) in [5.74, 6) is 0.760. The minimum absolute atomic E-state index is 0.0124. The second-order valence-electron chi connectivity index (χ2n) is 11.1. The molecule has 1 unspecified atom stereocenters. The molecule has 0 spiro atoms. The van der Waals surface area contributed by atoms with Crippen molar-refractivity contribution in [3.05, 3.63) is 119 Å². The van der Waals surface area contributed by atoms with Gasteiger partial charge in [0.1, 0.15) is 5.75 Å². The molecule has 212 valence electrons. The van der Waals surface area contributed by atoms with E-state index in [9.17, 15) is 4.79 Å². The van der Waals surface area contributed by atoms with E-state index in [1.54, 1.807) is 7.11 Å². The Morgan fingerprint density at radius 2 is 1.73 bits per heavy atom. The molecule has 0 saturated heterocycles. The van der Waals surface area contributed by atoms with E-state index in [1.165, 1.54) is 23.1 Å². The van der Waals surface area contributed by atoms with Crippen molar-refractivity contribution in [2.45, 2.75) is 37.6 Å². The number of methoxy groups -OCH3 is 1. The lowest BCUT2D eigenvalue weighted by Crippen LogP contribution is -2.36. The van der Waals surface area contributed by atoms with E-state index >= 15 is 0 Å². The zero-order valence-electron chi connectivity index (χ0n) is 23.7. The lowest BCUT2D eigenvalue weighted by molar-refractivity contribution is 0.0987. The summed E-state index contributed by atoms with van der Waals surface area (Å²) in [7, 11) is 1.66. The number of carbonyl (C=O) groups is 1. The number of nitrogens with zero attached hydrogens (tertiary/aromatic N) is 1. The number of carbonyl (C=O) groups excluding carboxylic acids is 1. The van der Waals surface area contributed by atoms with Gasteiger partial charge in [-0.2, -0.15) is 0 Å². The number of amides is 1. The molecule has 4 aromatic rings. The van der Waals surface area contributed by atoms with Gasteiger partial charge >= 0.3 is 0 Å². The Labute approximate surface area is 252 Å². The molecule has 0 heterocycles. The highest BCUT2D eigenvalue weighted by atomic mass is 35.5. The molecule has 2 N–H and O–H groups in total. The minimum atomic E-state index is -0.0124. The molecule has 1 atom stereocenters. The summed E-state index contributed by atoms with van der Waals surface area (Å²) in [5, 5.41) is 4.10. The standard InChI is InChI=1S/C34H36ClN3O2S/c1-34(2)22-25-15-14-24(20-29(25)30(23-34)37-41-32-21-26(35)16-17-31(32)40-3)33(39)38(28-12-8-5-9-13-28)19-18-36-27-10-6-4-7-11-27/h4-17,20-21,30,36-37H,18-19,22-23H2,1-3H3. The Hall–Kier alpha value is -3.45. The van der Waals surface area contributed by atoms with Crippen LogP contribution in [-0.4, -0.2) is 26.1 Å². The number of halogens is 1. The number of hydrogen-bond donors (Lipinski definition) is 2. The smallest absolute Gasteiger partial charge is 0.258 e. The number of ether oxygens (including phenoxy) is 1. The van der Waals surface area contributed by atoms with Gasteiger partial charge in [-0.25, -0.2) is 0 Å². The van der Waals surface area contributed by atoms with Crippen LogP contribution in [0.3, 0.4) is 0 Å². The number of anilines is 2. The minimum Gasteiger partial charge on any atom is -0.496 e. The van der Waals surface area contributed by atoms with Crippen molar-refractivity contribution in [2.75, 3.05) is 30.4 Å². The molecule has 0 aliphatic heterocycles. The topological polar surface area (TPSA) is 53.6 Å². The Morgan fingerprint density at radius 1 is 1.00 bits per heavy atom. The first-order valence-electron chi connectivity index (χ1n) is 13.9. The van der Waals surface area contributed by atoms with Gasteiger partial charge in [-0.1, -0.05) is 67.9 Å². The molecular formula is C34H36ClN3O2S. The van der Waals surface area contributed by atoms with Crippen LogP contribution in [0.5, 0.6) is 5.75 Å². The molecule has 1 aliphatic rings. The van der Waals surface area contributed by atoms with Crippen LogP contribution in [0.2, 0.25) is 5.02 Å². The van der Waals surface area contributed by atoms with Gasteiger partial charge in [0.05, 0.1) is 12.0 Å². The zero-order chi connectivity index (χ0) is 28.8. The van der Waals surface area contributed by atoms with Gasteiger partial charge in [0.25, 0.3) is 5.91 Å². The summed E-state index contributed by atoms with van der Waals surface area (Å²) >= 11 is 7.81. The molecule has 7 heteroatoms. The average molecular weight is 586 g/mol. The maximum atomic E-state index is 14.0. The lowest BCUT2D eigenvalue weighted by atomic mass is 9.72. The molecule has 0 aromatic heterocycles. The van der Waals surface area contributed by atoms with E-state index in [-0.39, 0.29) is 17.4 Å². The van der Waals surface area contributed by atoms with Gasteiger partial charge in [0.2, 0.25) is 0 Å². The highest BCUT2D eigenvalue weighted by molar-refractivity contribution is 7.97. The quantitative estimate of drug-likeness (QED) is 0.183. The van der Waals surface area contributed by atoms with Crippen LogP contribution in [0.25, 0.3) is 0 Å². The van der Waals surface area contributed by atoms with E-state index in [1.807, 2.05) is 89.8 Å². The molecule has 5 nitrogen and oxygen atoms in total. The van der Waals surface area contributed by atoms with Gasteiger partial charge in [-0.3, -0.25) is 9.52 Å². The van der Waals surface area contributed by atoms with Crippen LogP contribution in [0.1, 0.15) is 47.8 Å². The Bertz CT molecular complexity index is 1480. The Morgan fingerprint density at radius 3 is 2.46 bits per heavy atom. The summed E-state index contributed by atoms with van der Waals surface area (Å²) in [6.07, 6.45) is 1.90. The van der Waals surface area contributed by atoms with Crippen LogP contribution < -0.4 is 19.7 Å². The molecule has 1 amide bonds. The molecule has 0 radical (unpaired) electrons. The van der Waals surface area contributed by atoms with Crippen molar-refractivity contribution in [1.82, 2.24) is 4.72 Å². The van der Waals surface area contributed by atoms with E-state index in [0.29, 0.717) is 23.7 Å². The second kappa shape index (κ2) is 13.0. The van der Waals surface area contributed by atoms with E-state index in [2.05, 4.69) is 36.0 Å². The monoisotopic (exact) mass is 585 g/mol. The van der Waals surface area contributed by atoms with E-state index in [0.717, 1.165) is 34.9 Å². The number of fused-ring (bicyclic) bond motifs is 1. The fourth-order valence-electron chi connectivity index (χ4n) is 5.41. The summed E-state index contributed by atoms with van der Waals surface area (Å²) in [6, 6.07) is 31.8. The fraction of sp³-hybridized carbons (Fsp3) is 0.265. The molecule has 4 aromatic carbocycles. The first-order chi connectivity index (χ1) is 19.8. The number of rotatable bonds is 10. The molecule has 1 aliphatic carbocycles. The highest BCUT2D eigenvalue weighted by Crippen LogP contribution is 2.43. The predicted octanol–water partition coefficient (Wildman–Crippen LogP) is 8.42. The van der Waals surface area contributed by atoms with Crippen LogP contribution in [0, 0.1) is 5.41 Å². The van der Waals surface area contributed by atoms with Crippen molar-refractivity contribution in [3.63, 3.8) is 0 Å². The molecular weight excluding hydrogens is 550 g/mol. The fourth-order valence-corrected chi connectivity index (χ4v) is 6.57. The van der Waals surface area contributed by atoms with Crippen LogP contribution in [0.15, 0.2) is 102 Å². The first kappa shape index (κ1) is 29.1. The van der Waals surface area contributed by atoms with Crippen molar-refractivity contribution >= 4 is 40.8 Å². The summed E-state index contributed by atoms with van der Waals surface area (Å²) in [5.41, 5.74) is 5.15. The summed E-state index contributed by atoms with van der Waals surface area (Å²) in [4.78, 5) is 16.8. The molecule has 0 bridgehead atoms. The molecule has 5 rings (SSSR count). The highest BCUT2D eigenvalue weighted by Gasteiger charge is 2.33. The molecule has 41 heavy (non-hydrogen) atoms. The molecule has 0 fully saturated rings. The van der Waals surface area contributed by atoms with Gasteiger partial charge in [-0.05, 0) is 95.9 Å². The third kappa shape index (κ3) is 7.25.